The topological polar surface area (TPSA) is 37.8 Å². The average molecular weight is 218 g/mol. The Morgan fingerprint density at radius 2 is 2.54 bits per heavy atom. The summed E-state index contributed by atoms with van der Waals surface area (Å²) < 4.78 is 0. The Labute approximate surface area is 86.5 Å². The summed E-state index contributed by atoms with van der Waals surface area (Å²) in [6, 6.07) is 0. The number of halogens is 1. The first-order valence-corrected chi connectivity index (χ1v) is 5.82. The standard InChI is InChI=1S/C8H12ClN3S/c9-7(6-2-1-3-6)4-10-8-12-11-5-13-8/h5-7H,1-4H2,(H,10,12). The van der Waals surface area contributed by atoms with Crippen LogP contribution in [0.15, 0.2) is 5.51 Å². The van der Waals surface area contributed by atoms with Crippen LogP contribution in [-0.4, -0.2) is 22.1 Å². The van der Waals surface area contributed by atoms with Gasteiger partial charge in [-0.15, -0.1) is 21.8 Å². The third-order valence-electron chi connectivity index (χ3n) is 2.47. The fourth-order valence-corrected chi connectivity index (χ4v) is 2.19. The molecule has 0 amide bonds. The second-order valence-electron chi connectivity index (χ2n) is 3.33. The normalized spacial score (nSPS) is 19.5. The molecule has 0 bridgehead atoms. The SMILES string of the molecule is ClC(CNc1nncs1)C1CCC1. The van der Waals surface area contributed by atoms with Crippen molar-refractivity contribution in [3.8, 4) is 0 Å². The predicted octanol–water partition coefficient (Wildman–Crippen LogP) is 2.36. The number of nitrogens with one attached hydrogen (secondary N) is 1. The molecule has 1 aliphatic carbocycles. The highest BCUT2D eigenvalue weighted by Gasteiger charge is 2.25. The zero-order valence-corrected chi connectivity index (χ0v) is 8.81. The van der Waals surface area contributed by atoms with E-state index in [0.29, 0.717) is 5.92 Å². The fraction of sp³-hybridized carbons (Fsp3) is 0.750. The molecule has 1 aromatic heterocycles. The molecule has 1 aliphatic rings. The quantitative estimate of drug-likeness (QED) is 0.787. The summed E-state index contributed by atoms with van der Waals surface area (Å²) >= 11 is 7.70. The van der Waals surface area contributed by atoms with Crippen LogP contribution in [0.3, 0.4) is 0 Å². The van der Waals surface area contributed by atoms with Crippen LogP contribution in [0.5, 0.6) is 0 Å². The summed E-state index contributed by atoms with van der Waals surface area (Å²) in [5, 5.41) is 11.9. The lowest BCUT2D eigenvalue weighted by Crippen LogP contribution is -2.28. The van der Waals surface area contributed by atoms with Gasteiger partial charge in [0.15, 0.2) is 0 Å². The highest BCUT2D eigenvalue weighted by molar-refractivity contribution is 7.13. The first-order valence-electron chi connectivity index (χ1n) is 4.50. The van der Waals surface area contributed by atoms with Gasteiger partial charge in [-0.3, -0.25) is 0 Å². The molecule has 5 heteroatoms. The zero-order chi connectivity index (χ0) is 9.10. The molecule has 1 fully saturated rings. The number of anilines is 1. The Hall–Kier alpha value is -0.350. The van der Waals surface area contributed by atoms with Gasteiger partial charge in [-0.05, 0) is 18.8 Å². The van der Waals surface area contributed by atoms with Crippen LogP contribution in [0.1, 0.15) is 19.3 Å². The molecule has 2 rings (SSSR count). The average Bonchev–Trinajstić information content (AvgIpc) is 2.49. The van der Waals surface area contributed by atoms with Gasteiger partial charge in [0.25, 0.3) is 0 Å². The van der Waals surface area contributed by atoms with Gasteiger partial charge in [-0.1, -0.05) is 17.8 Å². The van der Waals surface area contributed by atoms with Crippen LogP contribution in [0.25, 0.3) is 0 Å². The van der Waals surface area contributed by atoms with E-state index in [0.717, 1.165) is 11.7 Å². The predicted molar refractivity (Wildman–Crippen MR) is 55.4 cm³/mol. The van der Waals surface area contributed by atoms with Gasteiger partial charge in [0, 0.05) is 6.54 Å². The van der Waals surface area contributed by atoms with E-state index in [1.165, 1.54) is 30.6 Å². The number of hydrogen-bond donors (Lipinski definition) is 1. The molecule has 0 radical (unpaired) electrons. The summed E-state index contributed by atoms with van der Waals surface area (Å²) in [5.41, 5.74) is 1.72. The Kier molecular flexibility index (Phi) is 3.01. The molecule has 0 saturated heterocycles. The van der Waals surface area contributed by atoms with Crippen LogP contribution in [0, 0.1) is 5.92 Å². The first kappa shape index (κ1) is 9.21. The summed E-state index contributed by atoms with van der Waals surface area (Å²) in [6.45, 7) is 0.807. The third kappa shape index (κ3) is 2.31. The van der Waals surface area contributed by atoms with Crippen LogP contribution in [0.4, 0.5) is 5.13 Å². The van der Waals surface area contributed by atoms with Crippen molar-refractivity contribution in [3.63, 3.8) is 0 Å². The summed E-state index contributed by atoms with van der Waals surface area (Å²) in [4.78, 5) is 0. The minimum Gasteiger partial charge on any atom is -0.359 e. The maximum Gasteiger partial charge on any atom is 0.205 e. The van der Waals surface area contributed by atoms with Crippen LogP contribution in [0.2, 0.25) is 0 Å². The van der Waals surface area contributed by atoms with Gasteiger partial charge in [-0.25, -0.2) is 0 Å². The third-order valence-corrected chi connectivity index (χ3v) is 3.63. The van der Waals surface area contributed by atoms with E-state index in [9.17, 15) is 0 Å². The number of nitrogens with zero attached hydrogens (tertiary/aromatic N) is 2. The molecule has 1 atom stereocenters. The van der Waals surface area contributed by atoms with E-state index in [-0.39, 0.29) is 5.38 Å². The van der Waals surface area contributed by atoms with Gasteiger partial charge in [0.2, 0.25) is 5.13 Å². The van der Waals surface area contributed by atoms with E-state index >= 15 is 0 Å². The minimum absolute atomic E-state index is 0.248. The molecule has 72 valence electrons. The number of hydrogen-bond acceptors (Lipinski definition) is 4. The highest BCUT2D eigenvalue weighted by Crippen LogP contribution is 2.32. The van der Waals surface area contributed by atoms with Gasteiger partial charge in [0.05, 0.1) is 5.38 Å². The van der Waals surface area contributed by atoms with Crippen LogP contribution in [-0.2, 0) is 0 Å². The highest BCUT2D eigenvalue weighted by atomic mass is 35.5. The molecule has 1 aromatic rings. The number of aromatic nitrogens is 2. The fourth-order valence-electron chi connectivity index (χ4n) is 1.40. The smallest absolute Gasteiger partial charge is 0.205 e. The first-order chi connectivity index (χ1) is 6.36. The molecule has 1 heterocycles. The second-order valence-corrected chi connectivity index (χ2v) is 4.73. The Balaban J connectivity index is 1.72. The van der Waals surface area contributed by atoms with Crippen molar-refractivity contribution in [1.29, 1.82) is 0 Å². The van der Waals surface area contributed by atoms with Gasteiger partial charge in [0.1, 0.15) is 5.51 Å². The van der Waals surface area contributed by atoms with Gasteiger partial charge >= 0.3 is 0 Å². The lowest BCUT2D eigenvalue weighted by molar-refractivity contribution is 0.308. The molecular weight excluding hydrogens is 206 g/mol. The van der Waals surface area contributed by atoms with Crippen molar-refractivity contribution in [1.82, 2.24) is 10.2 Å². The van der Waals surface area contributed by atoms with Gasteiger partial charge < -0.3 is 5.32 Å². The van der Waals surface area contributed by atoms with E-state index in [2.05, 4.69) is 15.5 Å². The second kappa shape index (κ2) is 4.24. The molecule has 1 saturated carbocycles. The maximum absolute atomic E-state index is 6.19. The minimum atomic E-state index is 0.248. The number of alkyl halides is 1. The van der Waals surface area contributed by atoms with E-state index in [1.54, 1.807) is 5.51 Å². The lowest BCUT2D eigenvalue weighted by Gasteiger charge is -2.29. The molecule has 0 aliphatic heterocycles. The zero-order valence-electron chi connectivity index (χ0n) is 7.24. The summed E-state index contributed by atoms with van der Waals surface area (Å²) in [6.07, 6.45) is 3.91. The van der Waals surface area contributed by atoms with Crippen molar-refractivity contribution in [2.24, 2.45) is 5.92 Å². The van der Waals surface area contributed by atoms with Crippen LogP contribution >= 0.6 is 22.9 Å². The van der Waals surface area contributed by atoms with Crippen molar-refractivity contribution < 1.29 is 0 Å². The van der Waals surface area contributed by atoms with Crippen molar-refractivity contribution in [2.75, 3.05) is 11.9 Å². The largest absolute Gasteiger partial charge is 0.359 e. The van der Waals surface area contributed by atoms with Crippen molar-refractivity contribution in [2.45, 2.75) is 24.6 Å². The summed E-state index contributed by atoms with van der Waals surface area (Å²) in [7, 11) is 0. The van der Waals surface area contributed by atoms with Crippen molar-refractivity contribution in [3.05, 3.63) is 5.51 Å². The van der Waals surface area contributed by atoms with E-state index in [1.807, 2.05) is 0 Å². The van der Waals surface area contributed by atoms with Crippen molar-refractivity contribution >= 4 is 28.1 Å². The number of rotatable bonds is 4. The summed E-state index contributed by atoms with van der Waals surface area (Å²) in [5.74, 6) is 0.710. The lowest BCUT2D eigenvalue weighted by atomic mass is 9.83. The van der Waals surface area contributed by atoms with Crippen LogP contribution < -0.4 is 5.32 Å². The Bertz CT molecular complexity index is 248. The Morgan fingerprint density at radius 1 is 1.69 bits per heavy atom. The van der Waals surface area contributed by atoms with Gasteiger partial charge in [-0.2, -0.15) is 0 Å². The molecule has 3 nitrogen and oxygen atoms in total. The molecule has 0 aromatic carbocycles. The van der Waals surface area contributed by atoms with E-state index in [4.69, 9.17) is 11.6 Å². The molecule has 1 N–H and O–H groups in total. The Morgan fingerprint density at radius 3 is 3.08 bits per heavy atom. The molecule has 1 unspecified atom stereocenters. The molecule has 13 heavy (non-hydrogen) atoms. The molecular formula is C8H12ClN3S. The molecule has 0 spiro atoms. The monoisotopic (exact) mass is 217 g/mol. The maximum atomic E-state index is 6.19. The van der Waals surface area contributed by atoms with E-state index < -0.39 is 0 Å².